The third-order valence-electron chi connectivity index (χ3n) is 6.80. The number of nitrogens with zero attached hydrogens (tertiary/aromatic N) is 4. The Morgan fingerprint density at radius 2 is 2.00 bits per heavy atom. The molecule has 1 saturated heterocycles. The lowest BCUT2D eigenvalue weighted by molar-refractivity contribution is 0.0401. The van der Waals surface area contributed by atoms with E-state index in [4.69, 9.17) is 9.36 Å². The molecule has 196 valence electrons. The van der Waals surface area contributed by atoms with Gasteiger partial charge in [0.25, 0.3) is 0 Å². The van der Waals surface area contributed by atoms with Crippen LogP contribution in [0.4, 0.5) is 20.9 Å². The Morgan fingerprint density at radius 1 is 1.25 bits per heavy atom. The molecule has 2 amide bonds. The van der Waals surface area contributed by atoms with Crippen molar-refractivity contribution in [1.29, 1.82) is 0 Å². The Balaban J connectivity index is 1.21. The highest BCUT2D eigenvalue weighted by Gasteiger charge is 2.26. The fourth-order valence-electron chi connectivity index (χ4n) is 4.56. The van der Waals surface area contributed by atoms with Crippen molar-refractivity contribution >= 4 is 23.4 Å². The molecule has 2 aromatic rings. The summed E-state index contributed by atoms with van der Waals surface area (Å²) in [5.74, 6) is 0.841. The molecule has 9 nitrogen and oxygen atoms in total. The first-order valence-corrected chi connectivity index (χ1v) is 13.1. The van der Waals surface area contributed by atoms with Gasteiger partial charge in [-0.25, -0.2) is 9.18 Å². The van der Waals surface area contributed by atoms with Gasteiger partial charge in [-0.3, -0.25) is 0 Å². The van der Waals surface area contributed by atoms with E-state index in [9.17, 15) is 9.18 Å². The van der Waals surface area contributed by atoms with E-state index >= 15 is 0 Å². The van der Waals surface area contributed by atoms with Crippen LogP contribution in [-0.2, 0) is 4.84 Å². The number of hydrogen-bond donors (Lipinski definition) is 2. The van der Waals surface area contributed by atoms with E-state index in [1.807, 2.05) is 26.8 Å². The highest BCUT2D eigenvalue weighted by molar-refractivity contribution is 5.89. The molecule has 2 heterocycles. The van der Waals surface area contributed by atoms with Gasteiger partial charge in [-0.2, -0.15) is 4.98 Å². The molecule has 2 aliphatic rings. The number of oxime groups is 1. The quantitative estimate of drug-likeness (QED) is 0.460. The zero-order valence-corrected chi connectivity index (χ0v) is 21.4. The van der Waals surface area contributed by atoms with E-state index in [-0.39, 0.29) is 29.7 Å². The summed E-state index contributed by atoms with van der Waals surface area (Å²) in [7, 11) is 0. The van der Waals surface area contributed by atoms with Gasteiger partial charge in [-0.05, 0) is 55.7 Å². The number of carbonyl (C=O) groups excluding carboxylic acids is 1. The number of halogens is 1. The molecule has 1 aliphatic heterocycles. The average Bonchev–Trinajstić information content (AvgIpc) is 3.39. The van der Waals surface area contributed by atoms with Crippen molar-refractivity contribution in [3.05, 3.63) is 35.4 Å². The fourth-order valence-corrected chi connectivity index (χ4v) is 4.56. The lowest BCUT2D eigenvalue weighted by atomic mass is 9.83. The maximum Gasteiger partial charge on any atom is 0.324 e. The number of anilines is 2. The highest BCUT2D eigenvalue weighted by atomic mass is 19.1. The second-order valence-electron chi connectivity index (χ2n) is 9.93. The summed E-state index contributed by atoms with van der Waals surface area (Å²) in [5, 5.41) is 13.8. The fraction of sp³-hybridized carbons (Fsp3) is 0.615. The Kier molecular flexibility index (Phi) is 8.77. The van der Waals surface area contributed by atoms with Crippen molar-refractivity contribution in [3.63, 3.8) is 0 Å². The summed E-state index contributed by atoms with van der Waals surface area (Å²) in [5.41, 5.74) is 2.23. The second-order valence-corrected chi connectivity index (χ2v) is 9.93. The first-order valence-electron chi connectivity index (χ1n) is 13.1. The number of piperidine rings is 1. The van der Waals surface area contributed by atoms with E-state index in [1.165, 1.54) is 0 Å². The van der Waals surface area contributed by atoms with Crippen LogP contribution in [0.25, 0.3) is 0 Å². The molecule has 2 fully saturated rings. The van der Waals surface area contributed by atoms with Gasteiger partial charge in [0.05, 0.1) is 11.4 Å². The largest absolute Gasteiger partial charge is 0.392 e. The Hall–Kier alpha value is -3.17. The maximum atomic E-state index is 14.6. The van der Waals surface area contributed by atoms with Crippen LogP contribution in [-0.4, -0.2) is 47.6 Å². The molecular weight excluding hydrogens is 463 g/mol. The van der Waals surface area contributed by atoms with Crippen LogP contribution in [0.2, 0.25) is 0 Å². The van der Waals surface area contributed by atoms with E-state index in [0.717, 1.165) is 75.1 Å². The molecule has 4 rings (SSSR count). The van der Waals surface area contributed by atoms with E-state index in [2.05, 4.69) is 30.8 Å². The number of urea groups is 1. The summed E-state index contributed by atoms with van der Waals surface area (Å²) in [6.07, 6.45) is 6.10. The van der Waals surface area contributed by atoms with Crippen LogP contribution in [0.1, 0.15) is 88.9 Å². The van der Waals surface area contributed by atoms with Crippen molar-refractivity contribution in [2.24, 2.45) is 5.16 Å². The zero-order valence-electron chi connectivity index (χ0n) is 21.4. The predicted molar refractivity (Wildman–Crippen MR) is 137 cm³/mol. The molecule has 36 heavy (non-hydrogen) atoms. The SMILES string of the molecule is CCCNC(=O)Nc1ccc(C2CCC(=NOC3CCN(c4nc(C(C)C)no4)CC3)CC2)cc1F. The van der Waals surface area contributed by atoms with Gasteiger partial charge >= 0.3 is 12.0 Å². The molecule has 0 spiro atoms. The predicted octanol–water partition coefficient (Wildman–Crippen LogP) is 5.56. The van der Waals surface area contributed by atoms with Gasteiger partial charge in [-0.1, -0.05) is 37.1 Å². The Bertz CT molecular complexity index is 1040. The van der Waals surface area contributed by atoms with Crippen molar-refractivity contribution in [2.45, 2.75) is 83.7 Å². The molecule has 1 aliphatic carbocycles. The maximum absolute atomic E-state index is 14.6. The van der Waals surface area contributed by atoms with E-state index < -0.39 is 5.82 Å². The minimum absolute atomic E-state index is 0.0858. The first-order chi connectivity index (χ1) is 17.4. The van der Waals surface area contributed by atoms with Crippen LogP contribution in [0.5, 0.6) is 0 Å². The van der Waals surface area contributed by atoms with Crippen LogP contribution in [0, 0.1) is 5.82 Å². The van der Waals surface area contributed by atoms with Gasteiger partial charge in [-0.15, -0.1) is 0 Å². The van der Waals surface area contributed by atoms with E-state index in [0.29, 0.717) is 12.6 Å². The minimum Gasteiger partial charge on any atom is -0.392 e. The molecule has 1 saturated carbocycles. The van der Waals surface area contributed by atoms with Gasteiger partial charge in [0, 0.05) is 38.4 Å². The summed E-state index contributed by atoms with van der Waals surface area (Å²) >= 11 is 0. The third-order valence-corrected chi connectivity index (χ3v) is 6.80. The van der Waals surface area contributed by atoms with E-state index in [1.54, 1.807) is 12.1 Å². The summed E-state index contributed by atoms with van der Waals surface area (Å²) < 4.78 is 20.0. The Labute approximate surface area is 211 Å². The van der Waals surface area contributed by atoms with Crippen LogP contribution in [0.3, 0.4) is 0 Å². The van der Waals surface area contributed by atoms with Gasteiger partial charge in [0.2, 0.25) is 0 Å². The van der Waals surface area contributed by atoms with Gasteiger partial charge in [0.1, 0.15) is 11.9 Å². The van der Waals surface area contributed by atoms with Crippen LogP contribution >= 0.6 is 0 Å². The highest BCUT2D eigenvalue weighted by Crippen LogP contribution is 2.33. The van der Waals surface area contributed by atoms with Crippen molar-refractivity contribution in [1.82, 2.24) is 15.5 Å². The van der Waals surface area contributed by atoms with Gasteiger partial charge < -0.3 is 24.9 Å². The van der Waals surface area contributed by atoms with Crippen molar-refractivity contribution in [3.8, 4) is 0 Å². The second kappa shape index (κ2) is 12.2. The molecule has 0 unspecified atom stereocenters. The summed E-state index contributed by atoms with van der Waals surface area (Å²) in [4.78, 5) is 24.3. The van der Waals surface area contributed by atoms with Crippen LogP contribution < -0.4 is 15.5 Å². The number of rotatable bonds is 8. The lowest BCUT2D eigenvalue weighted by Gasteiger charge is -2.29. The number of benzene rings is 1. The number of carbonyl (C=O) groups is 1. The summed E-state index contributed by atoms with van der Waals surface area (Å²) in [6.45, 7) is 8.21. The van der Waals surface area contributed by atoms with Gasteiger partial charge in [0.15, 0.2) is 5.82 Å². The van der Waals surface area contributed by atoms with Crippen molar-refractivity contribution < 1.29 is 18.5 Å². The molecule has 2 N–H and O–H groups in total. The molecular formula is C26H37FN6O3. The zero-order chi connectivity index (χ0) is 25.5. The molecule has 0 atom stereocenters. The molecule has 0 bridgehead atoms. The first kappa shape index (κ1) is 25.9. The Morgan fingerprint density at radius 3 is 2.64 bits per heavy atom. The third kappa shape index (κ3) is 6.73. The monoisotopic (exact) mass is 500 g/mol. The minimum atomic E-state index is -0.408. The molecule has 1 aromatic heterocycles. The van der Waals surface area contributed by atoms with Crippen LogP contribution in [0.15, 0.2) is 27.9 Å². The smallest absolute Gasteiger partial charge is 0.324 e. The average molecular weight is 501 g/mol. The number of nitrogens with one attached hydrogen (secondary N) is 2. The number of amides is 2. The normalized spacial score (nSPS) is 18.9. The number of hydrogen-bond acceptors (Lipinski definition) is 7. The molecule has 1 aromatic carbocycles. The van der Waals surface area contributed by atoms with Crippen molar-refractivity contribution in [2.75, 3.05) is 29.9 Å². The number of aromatic nitrogens is 2. The standard InChI is InChI=1S/C26H37FN6O3/c1-4-13-28-25(34)29-23-10-7-19(16-22(23)27)18-5-8-20(9-6-18)31-35-21-11-14-33(15-12-21)26-30-24(17(2)3)32-36-26/h7,10,16-18,21H,4-6,8-9,11-15H2,1-3H3,(H2,28,29,34). The molecule has 0 radical (unpaired) electrons. The topological polar surface area (TPSA) is 105 Å². The lowest BCUT2D eigenvalue weighted by Crippen LogP contribution is -2.36. The summed E-state index contributed by atoms with van der Waals surface area (Å²) in [6, 6.07) is 5.29. The molecule has 10 heteroatoms.